The topological polar surface area (TPSA) is 57.8 Å². The lowest BCUT2D eigenvalue weighted by molar-refractivity contribution is -0.120. The average molecular weight is 252 g/mol. The number of hydrogen-bond acceptors (Lipinski definition) is 2. The molecule has 0 unspecified atom stereocenters. The molecule has 0 saturated heterocycles. The third-order valence-electron chi connectivity index (χ3n) is 2.54. The number of amides is 1. The number of nitrogens with one attached hydrogen (secondary N) is 2. The molecule has 1 amide bonds. The highest BCUT2D eigenvalue weighted by Gasteiger charge is 2.01. The van der Waals surface area contributed by atoms with E-state index < -0.39 is 0 Å². The van der Waals surface area contributed by atoms with Crippen LogP contribution in [0.2, 0.25) is 0 Å². The molecule has 2 rings (SSSR count). The number of carbonyl (C=O) groups excluding carboxylic acids is 1. The summed E-state index contributed by atoms with van der Waals surface area (Å²) in [5.74, 6) is 0.369. The van der Waals surface area contributed by atoms with Gasteiger partial charge in [-0.05, 0) is 24.1 Å². The lowest BCUT2D eigenvalue weighted by Gasteiger charge is -2.04. The minimum atomic E-state index is 0.00242. The van der Waals surface area contributed by atoms with E-state index in [9.17, 15) is 4.79 Å². The molecule has 17 heavy (non-hydrogen) atoms. The van der Waals surface area contributed by atoms with Gasteiger partial charge in [0.05, 0.1) is 17.4 Å². The number of hydrogen-bond donors (Lipinski definition) is 2. The largest absolute Gasteiger partial charge is 0.356 e. The lowest BCUT2D eigenvalue weighted by Crippen LogP contribution is -2.25. The van der Waals surface area contributed by atoms with Gasteiger partial charge in [0.1, 0.15) is 0 Å². The summed E-state index contributed by atoms with van der Waals surface area (Å²) in [6.45, 7) is 0.634. The summed E-state index contributed by atoms with van der Waals surface area (Å²) in [7, 11) is 0. The van der Waals surface area contributed by atoms with Crippen LogP contribution >= 0.6 is 11.6 Å². The molecule has 0 aliphatic rings. The van der Waals surface area contributed by atoms with Gasteiger partial charge in [-0.3, -0.25) is 4.79 Å². The van der Waals surface area contributed by atoms with E-state index in [1.54, 1.807) is 6.33 Å². The van der Waals surface area contributed by atoms with Gasteiger partial charge in [-0.25, -0.2) is 4.98 Å². The Kier molecular flexibility index (Phi) is 3.98. The number of halogens is 1. The molecule has 0 aliphatic heterocycles. The molecule has 0 atom stereocenters. The maximum Gasteiger partial charge on any atom is 0.221 e. The van der Waals surface area contributed by atoms with Crippen molar-refractivity contribution < 1.29 is 4.79 Å². The SMILES string of the molecule is O=C(CCCl)NCCc1ccc2nc[nH]c2c1. The summed E-state index contributed by atoms with van der Waals surface area (Å²) in [4.78, 5) is 18.4. The number of aromatic amines is 1. The highest BCUT2D eigenvalue weighted by Crippen LogP contribution is 2.11. The van der Waals surface area contributed by atoms with Crippen LogP contribution in [0.5, 0.6) is 0 Å². The molecular weight excluding hydrogens is 238 g/mol. The zero-order chi connectivity index (χ0) is 12.1. The van der Waals surface area contributed by atoms with Crippen molar-refractivity contribution in [2.45, 2.75) is 12.8 Å². The second-order valence-corrected chi connectivity index (χ2v) is 4.17. The van der Waals surface area contributed by atoms with E-state index in [2.05, 4.69) is 21.4 Å². The standard InChI is InChI=1S/C12H14ClN3O/c13-5-3-12(17)14-6-4-9-1-2-10-11(7-9)16-8-15-10/h1-2,7-8H,3-6H2,(H,14,17)(H,15,16). The van der Waals surface area contributed by atoms with E-state index in [1.807, 2.05) is 12.1 Å². The van der Waals surface area contributed by atoms with Crippen molar-refractivity contribution in [3.05, 3.63) is 30.1 Å². The fraction of sp³-hybridized carbons (Fsp3) is 0.333. The Morgan fingerprint density at radius 3 is 3.18 bits per heavy atom. The molecule has 1 aromatic heterocycles. The summed E-state index contributed by atoms with van der Waals surface area (Å²) < 4.78 is 0. The molecule has 0 saturated carbocycles. The summed E-state index contributed by atoms with van der Waals surface area (Å²) >= 11 is 5.47. The van der Waals surface area contributed by atoms with Crippen LogP contribution in [0.3, 0.4) is 0 Å². The molecule has 4 nitrogen and oxygen atoms in total. The first-order valence-corrected chi connectivity index (χ1v) is 6.08. The number of benzene rings is 1. The average Bonchev–Trinajstić information content (AvgIpc) is 2.76. The van der Waals surface area contributed by atoms with Crippen molar-refractivity contribution in [2.24, 2.45) is 0 Å². The van der Waals surface area contributed by atoms with Gasteiger partial charge in [-0.1, -0.05) is 6.07 Å². The summed E-state index contributed by atoms with van der Waals surface area (Å²) in [5, 5.41) is 2.82. The Bertz CT molecular complexity index is 509. The minimum absolute atomic E-state index is 0.00242. The highest BCUT2D eigenvalue weighted by molar-refractivity contribution is 6.18. The quantitative estimate of drug-likeness (QED) is 0.797. The Morgan fingerprint density at radius 1 is 1.47 bits per heavy atom. The number of nitrogens with zero attached hydrogens (tertiary/aromatic N) is 1. The van der Waals surface area contributed by atoms with Gasteiger partial charge in [0, 0.05) is 18.8 Å². The molecule has 2 N–H and O–H groups in total. The molecule has 0 aliphatic carbocycles. The predicted molar refractivity (Wildman–Crippen MR) is 68.1 cm³/mol. The number of H-pyrrole nitrogens is 1. The van der Waals surface area contributed by atoms with Crippen LogP contribution in [0.4, 0.5) is 0 Å². The molecular formula is C12H14ClN3O. The zero-order valence-electron chi connectivity index (χ0n) is 9.37. The van der Waals surface area contributed by atoms with E-state index in [0.717, 1.165) is 17.5 Å². The van der Waals surface area contributed by atoms with Crippen LogP contribution in [0, 0.1) is 0 Å². The second kappa shape index (κ2) is 5.68. The summed E-state index contributed by atoms with van der Waals surface area (Å²) in [5.41, 5.74) is 3.16. The number of rotatable bonds is 5. The molecule has 1 heterocycles. The third-order valence-corrected chi connectivity index (χ3v) is 2.73. The highest BCUT2D eigenvalue weighted by atomic mass is 35.5. The molecule has 0 bridgehead atoms. The Hall–Kier alpha value is -1.55. The van der Waals surface area contributed by atoms with Crippen molar-refractivity contribution in [3.8, 4) is 0 Å². The predicted octanol–water partition coefficient (Wildman–Crippen LogP) is 1.85. The normalized spacial score (nSPS) is 10.6. The molecule has 0 fully saturated rings. The van der Waals surface area contributed by atoms with Gasteiger partial charge in [-0.15, -0.1) is 11.6 Å². The van der Waals surface area contributed by atoms with Crippen LogP contribution in [0.15, 0.2) is 24.5 Å². The van der Waals surface area contributed by atoms with E-state index in [4.69, 9.17) is 11.6 Å². The van der Waals surface area contributed by atoms with Crippen molar-refractivity contribution >= 4 is 28.5 Å². The molecule has 1 aromatic carbocycles. The number of aromatic nitrogens is 2. The minimum Gasteiger partial charge on any atom is -0.356 e. The molecule has 0 radical (unpaired) electrons. The van der Waals surface area contributed by atoms with Gasteiger partial charge in [0.15, 0.2) is 0 Å². The van der Waals surface area contributed by atoms with Crippen molar-refractivity contribution in [1.29, 1.82) is 0 Å². The second-order valence-electron chi connectivity index (χ2n) is 3.79. The zero-order valence-corrected chi connectivity index (χ0v) is 10.1. The maximum atomic E-state index is 11.2. The van der Waals surface area contributed by atoms with E-state index in [1.165, 1.54) is 5.56 Å². The van der Waals surface area contributed by atoms with Gasteiger partial charge >= 0.3 is 0 Å². The van der Waals surface area contributed by atoms with Crippen LogP contribution in [-0.4, -0.2) is 28.3 Å². The van der Waals surface area contributed by atoms with Crippen molar-refractivity contribution in [3.63, 3.8) is 0 Å². The number of imidazole rings is 1. The van der Waals surface area contributed by atoms with Gasteiger partial charge in [-0.2, -0.15) is 0 Å². The molecule has 90 valence electrons. The van der Waals surface area contributed by atoms with Gasteiger partial charge in [0.25, 0.3) is 0 Å². The van der Waals surface area contributed by atoms with E-state index >= 15 is 0 Å². The monoisotopic (exact) mass is 251 g/mol. The van der Waals surface area contributed by atoms with E-state index in [0.29, 0.717) is 18.8 Å². The first-order chi connectivity index (χ1) is 8.29. The van der Waals surface area contributed by atoms with Crippen LogP contribution in [0.1, 0.15) is 12.0 Å². The van der Waals surface area contributed by atoms with Crippen LogP contribution < -0.4 is 5.32 Å². The Morgan fingerprint density at radius 2 is 2.35 bits per heavy atom. The van der Waals surface area contributed by atoms with Crippen molar-refractivity contribution in [1.82, 2.24) is 15.3 Å². The third kappa shape index (κ3) is 3.20. The van der Waals surface area contributed by atoms with Gasteiger partial charge < -0.3 is 10.3 Å². The smallest absolute Gasteiger partial charge is 0.221 e. The maximum absolute atomic E-state index is 11.2. The molecule has 2 aromatic rings. The van der Waals surface area contributed by atoms with E-state index in [-0.39, 0.29) is 5.91 Å². The fourth-order valence-corrected chi connectivity index (χ4v) is 1.83. The summed E-state index contributed by atoms with van der Waals surface area (Å²) in [6, 6.07) is 6.05. The molecule has 5 heteroatoms. The fourth-order valence-electron chi connectivity index (χ4n) is 1.66. The lowest BCUT2D eigenvalue weighted by atomic mass is 10.1. The number of carbonyl (C=O) groups is 1. The molecule has 0 spiro atoms. The Labute approximate surface area is 104 Å². The number of alkyl halides is 1. The first-order valence-electron chi connectivity index (χ1n) is 5.54. The van der Waals surface area contributed by atoms with Gasteiger partial charge in [0.2, 0.25) is 5.91 Å². The first kappa shape index (κ1) is 11.9. The number of fused-ring (bicyclic) bond motifs is 1. The Balaban J connectivity index is 1.88. The van der Waals surface area contributed by atoms with Crippen LogP contribution in [0.25, 0.3) is 11.0 Å². The van der Waals surface area contributed by atoms with Crippen LogP contribution in [-0.2, 0) is 11.2 Å². The van der Waals surface area contributed by atoms with Crippen molar-refractivity contribution in [2.75, 3.05) is 12.4 Å². The summed E-state index contributed by atoms with van der Waals surface area (Å²) in [6.07, 6.45) is 2.86.